The lowest BCUT2D eigenvalue weighted by atomic mass is 10.2. The average Bonchev–Trinajstić information content (AvgIpc) is 3.50. The number of amides is 1. The summed E-state index contributed by atoms with van der Waals surface area (Å²) in [5.74, 6) is 0.230. The molecule has 0 spiro atoms. The van der Waals surface area contributed by atoms with Crippen LogP contribution in [0.5, 0.6) is 0 Å². The molecule has 4 rings (SSSR count). The lowest BCUT2D eigenvalue weighted by molar-refractivity contribution is -0.117. The van der Waals surface area contributed by atoms with Gasteiger partial charge in [-0.1, -0.05) is 42.1 Å². The number of anilines is 1. The highest BCUT2D eigenvalue weighted by Crippen LogP contribution is 2.42. The van der Waals surface area contributed by atoms with Gasteiger partial charge in [-0.25, -0.2) is 4.39 Å². The SMILES string of the molecule is CCN(C(=O)[C@@H](C)Sc1nnc(-c2ccccc2F)n1C1CC1)c1ccccc1. The van der Waals surface area contributed by atoms with E-state index >= 15 is 0 Å². The maximum Gasteiger partial charge on any atom is 0.240 e. The van der Waals surface area contributed by atoms with Crippen LogP contribution in [0.2, 0.25) is 0 Å². The smallest absolute Gasteiger partial charge is 0.240 e. The molecule has 0 bridgehead atoms. The molecule has 1 atom stereocenters. The predicted molar refractivity (Wildman–Crippen MR) is 113 cm³/mol. The van der Waals surface area contributed by atoms with Gasteiger partial charge in [0.2, 0.25) is 5.91 Å². The van der Waals surface area contributed by atoms with Gasteiger partial charge in [-0.05, 0) is 51.0 Å². The van der Waals surface area contributed by atoms with Crippen LogP contribution in [0.15, 0.2) is 59.8 Å². The van der Waals surface area contributed by atoms with Gasteiger partial charge in [0.05, 0.1) is 10.8 Å². The second-order valence-corrected chi connectivity index (χ2v) is 8.37. The Bertz CT molecular complexity index is 1000. The molecule has 5 nitrogen and oxygen atoms in total. The van der Waals surface area contributed by atoms with Gasteiger partial charge >= 0.3 is 0 Å². The van der Waals surface area contributed by atoms with Crippen molar-refractivity contribution in [3.63, 3.8) is 0 Å². The Balaban J connectivity index is 1.59. The van der Waals surface area contributed by atoms with E-state index in [1.165, 1.54) is 17.8 Å². The van der Waals surface area contributed by atoms with E-state index < -0.39 is 0 Å². The van der Waals surface area contributed by atoms with Crippen LogP contribution in [0.25, 0.3) is 11.4 Å². The van der Waals surface area contributed by atoms with Gasteiger partial charge < -0.3 is 4.90 Å². The molecular weight excluding hydrogens is 387 g/mol. The molecule has 1 heterocycles. The fourth-order valence-corrected chi connectivity index (χ4v) is 4.33. The monoisotopic (exact) mass is 410 g/mol. The van der Waals surface area contributed by atoms with Crippen molar-refractivity contribution in [1.82, 2.24) is 14.8 Å². The summed E-state index contributed by atoms with van der Waals surface area (Å²) in [6.07, 6.45) is 2.03. The minimum atomic E-state index is -0.342. The zero-order valence-electron chi connectivity index (χ0n) is 16.5. The number of rotatable bonds is 7. The van der Waals surface area contributed by atoms with Crippen molar-refractivity contribution in [1.29, 1.82) is 0 Å². The number of aromatic nitrogens is 3. The zero-order valence-corrected chi connectivity index (χ0v) is 17.3. The molecular formula is C22H23FN4OS. The quantitative estimate of drug-likeness (QED) is 0.517. The Hall–Kier alpha value is -2.67. The third-order valence-corrected chi connectivity index (χ3v) is 6.02. The summed E-state index contributed by atoms with van der Waals surface area (Å²) in [4.78, 5) is 14.9. The molecule has 1 fully saturated rings. The summed E-state index contributed by atoms with van der Waals surface area (Å²) < 4.78 is 16.3. The van der Waals surface area contributed by atoms with Gasteiger partial charge in [-0.2, -0.15) is 0 Å². The first-order valence-electron chi connectivity index (χ1n) is 9.83. The first kappa shape index (κ1) is 19.6. The van der Waals surface area contributed by atoms with E-state index in [9.17, 15) is 9.18 Å². The van der Waals surface area contributed by atoms with Crippen molar-refractivity contribution >= 4 is 23.4 Å². The number of benzene rings is 2. The van der Waals surface area contributed by atoms with Gasteiger partial charge in [0.25, 0.3) is 0 Å². The highest BCUT2D eigenvalue weighted by molar-refractivity contribution is 8.00. The molecule has 1 aromatic heterocycles. The van der Waals surface area contributed by atoms with Crippen molar-refractivity contribution in [3.8, 4) is 11.4 Å². The number of carbonyl (C=O) groups is 1. The van der Waals surface area contributed by atoms with Crippen LogP contribution in [0, 0.1) is 5.82 Å². The molecule has 29 heavy (non-hydrogen) atoms. The molecule has 2 aromatic carbocycles. The molecule has 7 heteroatoms. The fraction of sp³-hybridized carbons (Fsp3) is 0.318. The molecule has 3 aromatic rings. The zero-order chi connectivity index (χ0) is 20.4. The number of carbonyl (C=O) groups excluding carboxylic acids is 1. The molecule has 1 aliphatic rings. The van der Waals surface area contributed by atoms with E-state index in [1.54, 1.807) is 23.1 Å². The van der Waals surface area contributed by atoms with Crippen molar-refractivity contribution in [2.24, 2.45) is 0 Å². The lowest BCUT2D eigenvalue weighted by Gasteiger charge is -2.24. The van der Waals surface area contributed by atoms with Gasteiger partial charge in [-0.15, -0.1) is 10.2 Å². The third-order valence-electron chi connectivity index (χ3n) is 4.97. The largest absolute Gasteiger partial charge is 0.312 e. The van der Waals surface area contributed by atoms with Crippen LogP contribution in [0.3, 0.4) is 0 Å². The Morgan fingerprint density at radius 2 is 1.86 bits per heavy atom. The predicted octanol–water partition coefficient (Wildman–Crippen LogP) is 4.95. The number of hydrogen-bond acceptors (Lipinski definition) is 4. The summed E-state index contributed by atoms with van der Waals surface area (Å²) in [5, 5.41) is 8.91. The maximum atomic E-state index is 14.3. The van der Waals surface area contributed by atoms with E-state index in [4.69, 9.17) is 0 Å². The summed E-state index contributed by atoms with van der Waals surface area (Å²) in [7, 11) is 0. The number of para-hydroxylation sites is 1. The molecule has 150 valence electrons. The number of nitrogens with zero attached hydrogens (tertiary/aromatic N) is 4. The first-order valence-corrected chi connectivity index (χ1v) is 10.7. The van der Waals surface area contributed by atoms with Crippen molar-refractivity contribution in [2.45, 2.75) is 43.1 Å². The van der Waals surface area contributed by atoms with E-state index in [0.29, 0.717) is 23.1 Å². The Morgan fingerprint density at radius 3 is 2.52 bits per heavy atom. The number of halogens is 1. The van der Waals surface area contributed by atoms with Crippen LogP contribution in [-0.2, 0) is 4.79 Å². The van der Waals surface area contributed by atoms with Crippen molar-refractivity contribution in [2.75, 3.05) is 11.4 Å². The summed E-state index contributed by atoms with van der Waals surface area (Å²) in [6, 6.07) is 16.5. The van der Waals surface area contributed by atoms with E-state index in [2.05, 4.69) is 10.2 Å². The Morgan fingerprint density at radius 1 is 1.17 bits per heavy atom. The fourth-order valence-electron chi connectivity index (χ4n) is 3.35. The van der Waals surface area contributed by atoms with E-state index in [-0.39, 0.29) is 23.0 Å². The van der Waals surface area contributed by atoms with Crippen LogP contribution in [-0.4, -0.2) is 32.5 Å². The molecule has 1 saturated carbocycles. The molecule has 0 unspecified atom stereocenters. The average molecular weight is 411 g/mol. The normalized spacial score (nSPS) is 14.6. The highest BCUT2D eigenvalue weighted by atomic mass is 32.2. The van der Waals surface area contributed by atoms with Crippen molar-refractivity contribution in [3.05, 3.63) is 60.4 Å². The summed E-state index contributed by atoms with van der Waals surface area (Å²) in [6.45, 7) is 4.43. The Kier molecular flexibility index (Phi) is 5.67. The third kappa shape index (κ3) is 4.05. The van der Waals surface area contributed by atoms with Crippen LogP contribution in [0.4, 0.5) is 10.1 Å². The summed E-state index contributed by atoms with van der Waals surface area (Å²) >= 11 is 1.38. The second-order valence-electron chi connectivity index (χ2n) is 7.07. The molecule has 0 radical (unpaired) electrons. The first-order chi connectivity index (χ1) is 14.1. The number of thioether (sulfide) groups is 1. The maximum absolute atomic E-state index is 14.3. The highest BCUT2D eigenvalue weighted by Gasteiger charge is 2.33. The molecule has 0 saturated heterocycles. The minimum absolute atomic E-state index is 0.0153. The molecule has 1 aliphatic carbocycles. The minimum Gasteiger partial charge on any atom is -0.312 e. The summed E-state index contributed by atoms with van der Waals surface area (Å²) in [5.41, 5.74) is 1.32. The second kappa shape index (κ2) is 8.37. The Labute approximate surface area is 173 Å². The van der Waals surface area contributed by atoms with Crippen LogP contribution < -0.4 is 4.90 Å². The van der Waals surface area contributed by atoms with Gasteiger partial charge in [0.15, 0.2) is 11.0 Å². The number of hydrogen-bond donors (Lipinski definition) is 0. The van der Waals surface area contributed by atoms with Gasteiger partial charge in [0.1, 0.15) is 5.82 Å². The van der Waals surface area contributed by atoms with E-state index in [1.807, 2.05) is 48.7 Å². The van der Waals surface area contributed by atoms with Gasteiger partial charge in [-0.3, -0.25) is 9.36 Å². The standard InChI is InChI=1S/C22H23FN4OS/c1-3-26(16-9-5-4-6-10-16)21(28)15(2)29-22-25-24-20(27(22)17-13-14-17)18-11-7-8-12-19(18)23/h4-12,15,17H,3,13-14H2,1-2H3/t15-/m1/s1. The van der Waals surface area contributed by atoms with Crippen LogP contribution in [0.1, 0.15) is 32.7 Å². The molecule has 1 amide bonds. The topological polar surface area (TPSA) is 51.0 Å². The lowest BCUT2D eigenvalue weighted by Crippen LogP contribution is -2.36. The van der Waals surface area contributed by atoms with Crippen molar-refractivity contribution < 1.29 is 9.18 Å². The van der Waals surface area contributed by atoms with Crippen LogP contribution >= 0.6 is 11.8 Å². The molecule has 0 N–H and O–H groups in total. The molecule has 0 aliphatic heterocycles. The van der Waals surface area contributed by atoms with Gasteiger partial charge in [0, 0.05) is 18.3 Å². The van der Waals surface area contributed by atoms with E-state index in [0.717, 1.165) is 18.5 Å².